The lowest BCUT2D eigenvalue weighted by Gasteiger charge is -2.25. The Morgan fingerprint density at radius 1 is 1.00 bits per heavy atom. The molecule has 0 saturated heterocycles. The lowest BCUT2D eigenvalue weighted by atomic mass is 10.2. The summed E-state index contributed by atoms with van der Waals surface area (Å²) in [6.45, 7) is 1.08. The molecule has 2 atom stereocenters. The summed E-state index contributed by atoms with van der Waals surface area (Å²) in [5, 5.41) is 35.9. The van der Waals surface area contributed by atoms with E-state index >= 15 is 0 Å². The summed E-state index contributed by atoms with van der Waals surface area (Å²) in [7, 11) is 0. The Hall–Kier alpha value is -0.240. The lowest BCUT2D eigenvalue weighted by molar-refractivity contribution is 0.0232. The average Bonchev–Trinajstić information content (AvgIpc) is 2.25. The first-order chi connectivity index (χ1) is 7.13. The third kappa shape index (κ3) is 7.66. The van der Waals surface area contributed by atoms with Crippen LogP contribution in [-0.4, -0.2) is 76.9 Å². The van der Waals surface area contributed by atoms with Crippen LogP contribution >= 0.6 is 0 Å². The highest BCUT2D eigenvalue weighted by Gasteiger charge is 2.14. The Morgan fingerprint density at radius 3 is 1.80 bits per heavy atom. The molecule has 0 aromatic rings. The molecule has 0 spiro atoms. The highest BCUT2D eigenvalue weighted by Crippen LogP contribution is 1.97. The van der Waals surface area contributed by atoms with Crippen LogP contribution in [0.25, 0.3) is 0 Å². The molecular formula is C9H22N2O4. The highest BCUT2D eigenvalue weighted by molar-refractivity contribution is 4.68. The summed E-state index contributed by atoms with van der Waals surface area (Å²) >= 11 is 0. The van der Waals surface area contributed by atoms with Crippen LogP contribution in [0.5, 0.6) is 0 Å². The van der Waals surface area contributed by atoms with Crippen molar-refractivity contribution < 1.29 is 20.4 Å². The molecule has 0 saturated carbocycles. The van der Waals surface area contributed by atoms with E-state index in [4.69, 9.17) is 15.9 Å². The molecule has 6 N–H and O–H groups in total. The maximum atomic E-state index is 9.25. The fourth-order valence-corrected chi connectivity index (χ4v) is 1.28. The molecule has 0 aliphatic carbocycles. The van der Waals surface area contributed by atoms with Gasteiger partial charge in [-0.2, -0.15) is 0 Å². The maximum absolute atomic E-state index is 9.25. The van der Waals surface area contributed by atoms with Crippen molar-refractivity contribution in [3.63, 3.8) is 0 Å². The number of rotatable bonds is 9. The molecule has 0 rings (SSSR count). The zero-order valence-electron chi connectivity index (χ0n) is 8.92. The van der Waals surface area contributed by atoms with Crippen molar-refractivity contribution >= 4 is 0 Å². The summed E-state index contributed by atoms with van der Waals surface area (Å²) < 4.78 is 0. The summed E-state index contributed by atoms with van der Waals surface area (Å²) in [6, 6.07) is 0. The van der Waals surface area contributed by atoms with Gasteiger partial charge in [-0.1, -0.05) is 0 Å². The van der Waals surface area contributed by atoms with Gasteiger partial charge in [0.15, 0.2) is 0 Å². The molecule has 0 heterocycles. The zero-order chi connectivity index (χ0) is 11.7. The first kappa shape index (κ1) is 14.8. The Kier molecular flexibility index (Phi) is 8.88. The van der Waals surface area contributed by atoms with E-state index in [9.17, 15) is 10.2 Å². The molecule has 0 aromatic carbocycles. The van der Waals surface area contributed by atoms with Crippen LogP contribution in [0.1, 0.15) is 6.42 Å². The smallest absolute Gasteiger partial charge is 0.0897 e. The monoisotopic (exact) mass is 222 g/mol. The minimum absolute atomic E-state index is 0.271. The Bertz CT molecular complexity index is 136. The van der Waals surface area contributed by atoms with Gasteiger partial charge in [0.2, 0.25) is 0 Å². The quantitative estimate of drug-likeness (QED) is 0.291. The van der Waals surface area contributed by atoms with Crippen molar-refractivity contribution in [2.24, 2.45) is 5.73 Å². The number of aliphatic hydroxyl groups excluding tert-OH is 4. The second-order valence-corrected chi connectivity index (χ2v) is 3.57. The second kappa shape index (κ2) is 9.02. The predicted molar refractivity (Wildman–Crippen MR) is 56.3 cm³/mol. The van der Waals surface area contributed by atoms with Crippen LogP contribution in [0.3, 0.4) is 0 Å². The number of nitrogens with zero attached hydrogens (tertiary/aromatic N) is 1. The molecule has 15 heavy (non-hydrogen) atoms. The fourth-order valence-electron chi connectivity index (χ4n) is 1.28. The Labute approximate surface area is 89.9 Å². The Balaban J connectivity index is 3.93. The number of nitrogens with two attached hydrogens (primary N) is 1. The normalized spacial score (nSPS) is 15.6. The molecule has 0 fully saturated rings. The van der Waals surface area contributed by atoms with Crippen LogP contribution in [0.2, 0.25) is 0 Å². The molecule has 92 valence electrons. The van der Waals surface area contributed by atoms with Gasteiger partial charge in [-0.15, -0.1) is 0 Å². The van der Waals surface area contributed by atoms with Gasteiger partial charge in [0.1, 0.15) is 0 Å². The maximum Gasteiger partial charge on any atom is 0.0897 e. The van der Waals surface area contributed by atoms with E-state index in [0.717, 1.165) is 6.42 Å². The molecule has 0 amide bonds. The molecule has 0 bridgehead atoms. The predicted octanol–water partition coefficient (Wildman–Crippen LogP) is -2.66. The zero-order valence-corrected chi connectivity index (χ0v) is 8.92. The molecular weight excluding hydrogens is 200 g/mol. The largest absolute Gasteiger partial charge is 0.394 e. The second-order valence-electron chi connectivity index (χ2n) is 3.57. The SMILES string of the molecule is NCCCN(C[C@H](O)CO)C[C@H](O)CO. The van der Waals surface area contributed by atoms with Crippen LogP contribution in [-0.2, 0) is 0 Å². The van der Waals surface area contributed by atoms with Crippen molar-refractivity contribution in [1.29, 1.82) is 0 Å². The van der Waals surface area contributed by atoms with Crippen molar-refractivity contribution in [3.05, 3.63) is 0 Å². The standard InChI is InChI=1S/C9H22N2O4/c10-2-1-3-11(4-8(14)6-12)5-9(15)7-13/h8-9,12-15H,1-7,10H2/t8-,9-/m0/s1. The molecule has 0 unspecified atom stereocenters. The van der Waals surface area contributed by atoms with Gasteiger partial charge in [0.05, 0.1) is 25.4 Å². The van der Waals surface area contributed by atoms with E-state index in [1.807, 2.05) is 0 Å². The molecule has 6 nitrogen and oxygen atoms in total. The number of aliphatic hydroxyl groups is 4. The molecule has 0 aliphatic rings. The molecule has 6 heteroatoms. The fraction of sp³-hybridized carbons (Fsp3) is 1.00. The summed E-state index contributed by atoms with van der Waals surface area (Å²) in [6.07, 6.45) is -0.904. The van der Waals surface area contributed by atoms with Gasteiger partial charge in [-0.3, -0.25) is 4.90 Å². The van der Waals surface area contributed by atoms with Crippen LogP contribution < -0.4 is 5.73 Å². The summed E-state index contributed by atoms with van der Waals surface area (Å²) in [4.78, 5) is 1.77. The molecule has 0 aromatic heterocycles. The van der Waals surface area contributed by atoms with Crippen LogP contribution in [0.4, 0.5) is 0 Å². The van der Waals surface area contributed by atoms with Gasteiger partial charge in [0, 0.05) is 13.1 Å². The van der Waals surface area contributed by atoms with E-state index in [0.29, 0.717) is 13.1 Å². The number of hydrogen-bond donors (Lipinski definition) is 5. The third-order valence-corrected chi connectivity index (χ3v) is 2.04. The van der Waals surface area contributed by atoms with Gasteiger partial charge < -0.3 is 26.2 Å². The van der Waals surface area contributed by atoms with Gasteiger partial charge in [-0.25, -0.2) is 0 Å². The summed E-state index contributed by atoms with van der Waals surface area (Å²) in [5.74, 6) is 0. The molecule has 0 radical (unpaired) electrons. The van der Waals surface area contributed by atoms with Crippen molar-refractivity contribution in [1.82, 2.24) is 4.90 Å². The average molecular weight is 222 g/mol. The Morgan fingerprint density at radius 2 is 1.47 bits per heavy atom. The van der Waals surface area contributed by atoms with Crippen molar-refractivity contribution in [2.75, 3.05) is 39.4 Å². The van der Waals surface area contributed by atoms with Gasteiger partial charge in [-0.05, 0) is 19.5 Å². The first-order valence-electron chi connectivity index (χ1n) is 5.14. The number of hydrogen-bond acceptors (Lipinski definition) is 6. The van der Waals surface area contributed by atoms with Gasteiger partial charge >= 0.3 is 0 Å². The van der Waals surface area contributed by atoms with E-state index in [1.165, 1.54) is 0 Å². The van der Waals surface area contributed by atoms with Crippen molar-refractivity contribution in [3.8, 4) is 0 Å². The summed E-state index contributed by atoms with van der Waals surface area (Å²) in [5.41, 5.74) is 5.35. The minimum atomic E-state index is -0.825. The topological polar surface area (TPSA) is 110 Å². The van der Waals surface area contributed by atoms with Crippen LogP contribution in [0, 0.1) is 0 Å². The molecule has 0 aliphatic heterocycles. The van der Waals surface area contributed by atoms with E-state index in [-0.39, 0.29) is 26.3 Å². The van der Waals surface area contributed by atoms with E-state index in [2.05, 4.69) is 0 Å². The first-order valence-corrected chi connectivity index (χ1v) is 5.14. The van der Waals surface area contributed by atoms with E-state index < -0.39 is 12.2 Å². The van der Waals surface area contributed by atoms with Crippen LogP contribution in [0.15, 0.2) is 0 Å². The minimum Gasteiger partial charge on any atom is -0.394 e. The van der Waals surface area contributed by atoms with E-state index in [1.54, 1.807) is 4.90 Å². The lowest BCUT2D eigenvalue weighted by Crippen LogP contribution is -2.41. The van der Waals surface area contributed by atoms with Gasteiger partial charge in [0.25, 0.3) is 0 Å². The third-order valence-electron chi connectivity index (χ3n) is 2.04. The van der Waals surface area contributed by atoms with Crippen molar-refractivity contribution in [2.45, 2.75) is 18.6 Å². The highest BCUT2D eigenvalue weighted by atomic mass is 16.3.